The first-order chi connectivity index (χ1) is 13.6. The Bertz CT molecular complexity index is 1000. The molecule has 28 heavy (non-hydrogen) atoms. The van der Waals surface area contributed by atoms with Crippen LogP contribution in [0.5, 0.6) is 5.75 Å². The van der Waals surface area contributed by atoms with Gasteiger partial charge in [-0.05, 0) is 35.9 Å². The molecule has 0 atom stereocenters. The summed E-state index contributed by atoms with van der Waals surface area (Å²) in [5, 5.41) is 13.6. The van der Waals surface area contributed by atoms with Crippen LogP contribution in [-0.2, 0) is 26.1 Å². The summed E-state index contributed by atoms with van der Waals surface area (Å²) in [7, 11) is 1.58. The predicted octanol–water partition coefficient (Wildman–Crippen LogP) is 3.68. The first-order valence-corrected chi connectivity index (χ1v) is 9.01. The van der Waals surface area contributed by atoms with E-state index < -0.39 is 11.6 Å². The van der Waals surface area contributed by atoms with Gasteiger partial charge in [-0.15, -0.1) is 0 Å². The second kappa shape index (κ2) is 7.69. The number of halogens is 2. The Balaban J connectivity index is 1.56. The van der Waals surface area contributed by atoms with Crippen LogP contribution in [0.2, 0.25) is 0 Å². The van der Waals surface area contributed by atoms with Crippen molar-refractivity contribution in [3.8, 4) is 17.0 Å². The molecule has 1 aliphatic rings. The van der Waals surface area contributed by atoms with Crippen LogP contribution in [0.25, 0.3) is 11.3 Å². The minimum Gasteiger partial charge on any atom is -0.496 e. The van der Waals surface area contributed by atoms with E-state index in [2.05, 4.69) is 10.1 Å². The topological polar surface area (TPSA) is 58.7 Å². The van der Waals surface area contributed by atoms with Crippen LogP contribution in [0.15, 0.2) is 40.9 Å². The lowest BCUT2D eigenvalue weighted by molar-refractivity contribution is 0.228. The van der Waals surface area contributed by atoms with Gasteiger partial charge in [0.1, 0.15) is 17.2 Å². The van der Waals surface area contributed by atoms with E-state index in [1.54, 1.807) is 7.11 Å². The maximum absolute atomic E-state index is 13.6. The van der Waals surface area contributed by atoms with Gasteiger partial charge in [0, 0.05) is 42.7 Å². The van der Waals surface area contributed by atoms with Crippen LogP contribution in [-0.4, -0.2) is 28.8 Å². The first-order valence-electron chi connectivity index (χ1n) is 9.01. The molecule has 7 heteroatoms. The van der Waals surface area contributed by atoms with E-state index in [4.69, 9.17) is 9.26 Å². The summed E-state index contributed by atoms with van der Waals surface area (Å²) < 4.78 is 37.6. The van der Waals surface area contributed by atoms with Gasteiger partial charge in [0.2, 0.25) is 0 Å². The van der Waals surface area contributed by atoms with E-state index in [0.717, 1.165) is 41.1 Å². The number of rotatable bonds is 5. The Morgan fingerprint density at radius 3 is 2.79 bits per heavy atom. The number of nitrogens with zero attached hydrogens (tertiary/aromatic N) is 2. The third-order valence-corrected chi connectivity index (χ3v) is 5.02. The number of aliphatic hydroxyl groups excluding tert-OH is 1. The van der Waals surface area contributed by atoms with Crippen molar-refractivity contribution in [2.45, 2.75) is 26.1 Å². The second-order valence-electron chi connectivity index (χ2n) is 6.83. The molecule has 0 unspecified atom stereocenters. The standard InChI is InChI=1S/C21H20F2N2O3/c1-27-19-5-2-13(8-15(19)12-26)10-25-7-6-20-16(11-25)21(24-28-20)14-3-4-17(22)18(23)9-14/h2-5,8-9,26H,6-7,10-12H2,1H3. The third kappa shape index (κ3) is 3.50. The lowest BCUT2D eigenvalue weighted by Crippen LogP contribution is -2.29. The second-order valence-corrected chi connectivity index (χ2v) is 6.83. The van der Waals surface area contributed by atoms with Crippen molar-refractivity contribution in [3.63, 3.8) is 0 Å². The molecule has 146 valence electrons. The molecule has 0 bridgehead atoms. The molecule has 4 rings (SSSR count). The highest BCUT2D eigenvalue weighted by Gasteiger charge is 2.25. The van der Waals surface area contributed by atoms with Crippen LogP contribution in [0.1, 0.15) is 22.5 Å². The fourth-order valence-corrected chi connectivity index (χ4v) is 3.58. The summed E-state index contributed by atoms with van der Waals surface area (Å²) >= 11 is 0. The highest BCUT2D eigenvalue weighted by molar-refractivity contribution is 5.63. The van der Waals surface area contributed by atoms with Gasteiger partial charge in [-0.25, -0.2) is 8.78 Å². The summed E-state index contributed by atoms with van der Waals surface area (Å²) in [5.74, 6) is -0.354. The van der Waals surface area contributed by atoms with Gasteiger partial charge in [0.15, 0.2) is 11.6 Å². The van der Waals surface area contributed by atoms with Crippen LogP contribution in [0, 0.1) is 11.6 Å². The van der Waals surface area contributed by atoms with Crippen molar-refractivity contribution < 1.29 is 23.1 Å². The van der Waals surface area contributed by atoms with Crippen molar-refractivity contribution in [1.82, 2.24) is 10.1 Å². The van der Waals surface area contributed by atoms with Gasteiger partial charge >= 0.3 is 0 Å². The summed E-state index contributed by atoms with van der Waals surface area (Å²) in [6.45, 7) is 1.97. The smallest absolute Gasteiger partial charge is 0.159 e. The van der Waals surface area contributed by atoms with E-state index in [0.29, 0.717) is 36.5 Å². The van der Waals surface area contributed by atoms with Crippen LogP contribution in [0.4, 0.5) is 8.78 Å². The molecule has 0 fully saturated rings. The van der Waals surface area contributed by atoms with Gasteiger partial charge in [-0.3, -0.25) is 4.90 Å². The molecule has 2 aromatic carbocycles. The average Bonchev–Trinajstić information content (AvgIpc) is 3.13. The summed E-state index contributed by atoms with van der Waals surface area (Å²) in [6, 6.07) is 9.49. The fourth-order valence-electron chi connectivity index (χ4n) is 3.58. The van der Waals surface area contributed by atoms with Crippen LogP contribution in [0.3, 0.4) is 0 Å². The SMILES string of the molecule is COc1ccc(CN2CCc3onc(-c4ccc(F)c(F)c4)c3C2)cc1CO. The molecule has 0 saturated heterocycles. The van der Waals surface area contributed by atoms with E-state index in [9.17, 15) is 13.9 Å². The quantitative estimate of drug-likeness (QED) is 0.725. The van der Waals surface area contributed by atoms with Crippen molar-refractivity contribution in [1.29, 1.82) is 0 Å². The van der Waals surface area contributed by atoms with E-state index >= 15 is 0 Å². The minimum atomic E-state index is -0.906. The summed E-state index contributed by atoms with van der Waals surface area (Å²) in [4.78, 5) is 2.23. The van der Waals surface area contributed by atoms with Gasteiger partial charge in [-0.1, -0.05) is 11.2 Å². The third-order valence-electron chi connectivity index (χ3n) is 5.02. The average molecular weight is 386 g/mol. The Morgan fingerprint density at radius 1 is 1.18 bits per heavy atom. The van der Waals surface area contributed by atoms with Crippen molar-refractivity contribution in [2.24, 2.45) is 0 Å². The molecule has 1 aromatic heterocycles. The van der Waals surface area contributed by atoms with E-state index in [1.165, 1.54) is 6.07 Å². The maximum Gasteiger partial charge on any atom is 0.159 e. The van der Waals surface area contributed by atoms with Gasteiger partial charge < -0.3 is 14.4 Å². The molecule has 5 nitrogen and oxygen atoms in total. The molecule has 0 amide bonds. The number of benzene rings is 2. The van der Waals surface area contributed by atoms with Crippen molar-refractivity contribution in [3.05, 3.63) is 70.5 Å². The number of methoxy groups -OCH3 is 1. The van der Waals surface area contributed by atoms with Crippen molar-refractivity contribution in [2.75, 3.05) is 13.7 Å². The Hall–Kier alpha value is -2.77. The number of aromatic nitrogens is 1. The Labute approximate surface area is 161 Å². The largest absolute Gasteiger partial charge is 0.496 e. The van der Waals surface area contributed by atoms with Crippen molar-refractivity contribution >= 4 is 0 Å². The van der Waals surface area contributed by atoms with Gasteiger partial charge in [-0.2, -0.15) is 0 Å². The van der Waals surface area contributed by atoms with Gasteiger partial charge in [0.25, 0.3) is 0 Å². The molecule has 0 spiro atoms. The van der Waals surface area contributed by atoms with Crippen LogP contribution >= 0.6 is 0 Å². The number of ether oxygens (including phenoxy) is 1. The maximum atomic E-state index is 13.6. The lowest BCUT2D eigenvalue weighted by atomic mass is 10.0. The molecular weight excluding hydrogens is 366 g/mol. The number of aliphatic hydroxyl groups is 1. The highest BCUT2D eigenvalue weighted by atomic mass is 19.2. The lowest BCUT2D eigenvalue weighted by Gasteiger charge is -2.26. The number of hydrogen-bond acceptors (Lipinski definition) is 5. The molecule has 3 aromatic rings. The normalized spacial score (nSPS) is 14.1. The molecule has 2 heterocycles. The monoisotopic (exact) mass is 386 g/mol. The minimum absolute atomic E-state index is 0.0902. The highest BCUT2D eigenvalue weighted by Crippen LogP contribution is 2.31. The molecular formula is C21H20F2N2O3. The zero-order chi connectivity index (χ0) is 19.7. The predicted molar refractivity (Wildman–Crippen MR) is 98.6 cm³/mol. The van der Waals surface area contributed by atoms with E-state index in [1.807, 2.05) is 18.2 Å². The summed E-state index contributed by atoms with van der Waals surface area (Å²) in [6.07, 6.45) is 0.690. The molecule has 0 aliphatic carbocycles. The summed E-state index contributed by atoms with van der Waals surface area (Å²) in [5.41, 5.74) is 3.74. The molecule has 0 radical (unpaired) electrons. The molecule has 0 saturated carbocycles. The molecule has 1 aliphatic heterocycles. The zero-order valence-electron chi connectivity index (χ0n) is 15.4. The molecule has 1 N–H and O–H groups in total. The Morgan fingerprint density at radius 2 is 2.04 bits per heavy atom. The zero-order valence-corrected chi connectivity index (χ0v) is 15.4. The fraction of sp³-hybridized carbons (Fsp3) is 0.286. The van der Waals surface area contributed by atoms with Gasteiger partial charge in [0.05, 0.1) is 13.7 Å². The first kappa shape index (κ1) is 18.6. The van der Waals surface area contributed by atoms with E-state index in [-0.39, 0.29) is 6.61 Å². The Kier molecular flexibility index (Phi) is 5.11. The number of fused-ring (bicyclic) bond motifs is 1. The number of hydrogen-bond donors (Lipinski definition) is 1. The van der Waals surface area contributed by atoms with Crippen LogP contribution < -0.4 is 4.74 Å².